The molecule has 0 fully saturated rings. The van der Waals surface area contributed by atoms with Crippen LogP contribution in [0.3, 0.4) is 0 Å². The minimum Gasteiger partial charge on any atom is -0.320 e. The van der Waals surface area contributed by atoms with Gasteiger partial charge in [0.15, 0.2) is 0 Å². The van der Waals surface area contributed by atoms with Crippen molar-refractivity contribution in [2.45, 2.75) is 11.8 Å². The third kappa shape index (κ3) is 2.68. The number of aryl methyl sites for hydroxylation is 1. The first-order chi connectivity index (χ1) is 8.58. The van der Waals surface area contributed by atoms with Gasteiger partial charge in [-0.3, -0.25) is 9.78 Å². The number of amides is 1. The molecule has 0 unspecified atom stereocenters. The van der Waals surface area contributed by atoms with Crippen molar-refractivity contribution >= 4 is 24.2 Å². The lowest BCUT2D eigenvalue weighted by atomic mass is 10.2. The molecular formula is C13H11FN2OS. The number of halogens is 1. The van der Waals surface area contributed by atoms with E-state index in [1.165, 1.54) is 24.4 Å². The van der Waals surface area contributed by atoms with Gasteiger partial charge in [-0.05, 0) is 36.8 Å². The van der Waals surface area contributed by atoms with Gasteiger partial charge in [0.05, 0.1) is 17.4 Å². The van der Waals surface area contributed by atoms with Gasteiger partial charge in [-0.2, -0.15) is 0 Å². The molecule has 0 aliphatic heterocycles. The first-order valence-corrected chi connectivity index (χ1v) is 5.73. The zero-order valence-electron chi connectivity index (χ0n) is 9.64. The summed E-state index contributed by atoms with van der Waals surface area (Å²) in [6, 6.07) is 5.86. The summed E-state index contributed by atoms with van der Waals surface area (Å²) in [5, 5.41) is 2.62. The van der Waals surface area contributed by atoms with Crippen LogP contribution in [0, 0.1) is 12.7 Å². The highest BCUT2D eigenvalue weighted by atomic mass is 32.1. The van der Waals surface area contributed by atoms with Gasteiger partial charge in [0.25, 0.3) is 5.91 Å². The molecule has 0 atom stereocenters. The second-order valence-corrected chi connectivity index (χ2v) is 4.33. The molecule has 2 rings (SSSR count). The summed E-state index contributed by atoms with van der Waals surface area (Å²) in [4.78, 5) is 16.4. The van der Waals surface area contributed by atoms with E-state index in [1.807, 2.05) is 6.92 Å². The Labute approximate surface area is 109 Å². The van der Waals surface area contributed by atoms with Crippen molar-refractivity contribution in [2.24, 2.45) is 0 Å². The molecular weight excluding hydrogens is 251 g/mol. The summed E-state index contributed by atoms with van der Waals surface area (Å²) in [6.07, 6.45) is 3.15. The highest BCUT2D eigenvalue weighted by Crippen LogP contribution is 2.17. The maximum Gasteiger partial charge on any atom is 0.258 e. The van der Waals surface area contributed by atoms with Crippen LogP contribution in [0.25, 0.3) is 0 Å². The Morgan fingerprint density at radius 3 is 2.89 bits per heavy atom. The van der Waals surface area contributed by atoms with Gasteiger partial charge in [0, 0.05) is 11.1 Å². The van der Waals surface area contributed by atoms with Crippen LogP contribution in [0.1, 0.15) is 15.9 Å². The van der Waals surface area contributed by atoms with Crippen molar-refractivity contribution in [3.63, 3.8) is 0 Å². The Morgan fingerprint density at radius 2 is 2.17 bits per heavy atom. The molecule has 1 aromatic heterocycles. The lowest BCUT2D eigenvalue weighted by molar-refractivity contribution is 0.102. The maximum atomic E-state index is 13.5. The number of hydrogen-bond acceptors (Lipinski definition) is 3. The first-order valence-electron chi connectivity index (χ1n) is 5.28. The first kappa shape index (κ1) is 12.6. The number of rotatable bonds is 2. The van der Waals surface area contributed by atoms with Crippen LogP contribution in [0.15, 0.2) is 41.6 Å². The number of nitrogens with one attached hydrogen (secondary N) is 1. The van der Waals surface area contributed by atoms with Crippen molar-refractivity contribution in [3.8, 4) is 0 Å². The van der Waals surface area contributed by atoms with Crippen LogP contribution in [0.4, 0.5) is 10.1 Å². The number of nitrogens with zero attached hydrogens (tertiary/aromatic N) is 1. The standard InChI is InChI=1S/C13H11FN2OS/c1-8-4-5-15-7-12(8)16-13(17)10-6-9(18)2-3-11(10)14/h2-7,18H,1H3,(H,16,17). The molecule has 0 saturated carbocycles. The normalized spacial score (nSPS) is 10.2. The predicted octanol–water partition coefficient (Wildman–Crippen LogP) is 3.07. The van der Waals surface area contributed by atoms with Crippen LogP contribution < -0.4 is 5.32 Å². The fourth-order valence-corrected chi connectivity index (χ4v) is 1.68. The Morgan fingerprint density at radius 1 is 1.39 bits per heavy atom. The summed E-state index contributed by atoms with van der Waals surface area (Å²) < 4.78 is 13.5. The van der Waals surface area contributed by atoms with Gasteiger partial charge in [0.1, 0.15) is 5.82 Å². The Bertz CT molecular complexity index is 601. The summed E-state index contributed by atoms with van der Waals surface area (Å²) in [5.74, 6) is -1.09. The van der Waals surface area contributed by atoms with E-state index in [1.54, 1.807) is 12.3 Å². The van der Waals surface area contributed by atoms with Crippen LogP contribution in [0.2, 0.25) is 0 Å². The fourth-order valence-electron chi connectivity index (χ4n) is 1.47. The predicted molar refractivity (Wildman–Crippen MR) is 70.6 cm³/mol. The van der Waals surface area contributed by atoms with Crippen LogP contribution >= 0.6 is 12.6 Å². The number of hydrogen-bond donors (Lipinski definition) is 2. The van der Waals surface area contributed by atoms with E-state index < -0.39 is 11.7 Å². The van der Waals surface area contributed by atoms with Crippen molar-refractivity contribution < 1.29 is 9.18 Å². The Balaban J connectivity index is 2.28. The average molecular weight is 262 g/mol. The molecule has 2 aromatic rings. The molecule has 18 heavy (non-hydrogen) atoms. The number of aromatic nitrogens is 1. The van der Waals surface area contributed by atoms with Gasteiger partial charge in [-0.1, -0.05) is 0 Å². The molecule has 1 aromatic carbocycles. The SMILES string of the molecule is Cc1ccncc1NC(=O)c1cc(S)ccc1F. The van der Waals surface area contributed by atoms with Gasteiger partial charge in [-0.15, -0.1) is 12.6 Å². The van der Waals surface area contributed by atoms with E-state index >= 15 is 0 Å². The van der Waals surface area contributed by atoms with E-state index in [0.29, 0.717) is 10.6 Å². The summed E-state index contributed by atoms with van der Waals surface area (Å²) >= 11 is 4.08. The van der Waals surface area contributed by atoms with Gasteiger partial charge in [-0.25, -0.2) is 4.39 Å². The van der Waals surface area contributed by atoms with E-state index in [0.717, 1.165) is 5.56 Å². The lowest BCUT2D eigenvalue weighted by Crippen LogP contribution is -2.14. The largest absolute Gasteiger partial charge is 0.320 e. The van der Waals surface area contributed by atoms with Gasteiger partial charge >= 0.3 is 0 Å². The summed E-state index contributed by atoms with van der Waals surface area (Å²) in [6.45, 7) is 1.84. The molecule has 0 spiro atoms. The molecule has 1 heterocycles. The van der Waals surface area contributed by atoms with E-state index in [2.05, 4.69) is 22.9 Å². The van der Waals surface area contributed by atoms with Crippen LogP contribution in [0.5, 0.6) is 0 Å². The molecule has 0 saturated heterocycles. The fraction of sp³-hybridized carbons (Fsp3) is 0.0769. The van der Waals surface area contributed by atoms with Crippen LogP contribution in [-0.4, -0.2) is 10.9 Å². The third-order valence-corrected chi connectivity index (χ3v) is 2.76. The molecule has 92 valence electrons. The lowest BCUT2D eigenvalue weighted by Gasteiger charge is -2.08. The molecule has 3 nitrogen and oxygen atoms in total. The molecule has 0 aliphatic rings. The Kier molecular flexibility index (Phi) is 3.62. The minimum atomic E-state index is -0.577. The van der Waals surface area contributed by atoms with Crippen molar-refractivity contribution in [2.75, 3.05) is 5.32 Å². The molecule has 1 amide bonds. The molecule has 5 heteroatoms. The number of carbonyl (C=O) groups excluding carboxylic acids is 1. The quantitative estimate of drug-likeness (QED) is 0.817. The van der Waals surface area contributed by atoms with Crippen LogP contribution in [-0.2, 0) is 0 Å². The zero-order chi connectivity index (χ0) is 13.1. The smallest absolute Gasteiger partial charge is 0.258 e. The van der Waals surface area contributed by atoms with Crippen molar-refractivity contribution in [1.29, 1.82) is 0 Å². The van der Waals surface area contributed by atoms with Gasteiger partial charge < -0.3 is 5.32 Å². The molecule has 0 radical (unpaired) electrons. The zero-order valence-corrected chi connectivity index (χ0v) is 10.5. The van der Waals surface area contributed by atoms with Crippen molar-refractivity contribution in [1.82, 2.24) is 4.98 Å². The van der Waals surface area contributed by atoms with E-state index in [-0.39, 0.29) is 5.56 Å². The average Bonchev–Trinajstić information content (AvgIpc) is 2.35. The number of thiol groups is 1. The molecule has 0 aliphatic carbocycles. The molecule has 1 N–H and O–H groups in total. The second kappa shape index (κ2) is 5.18. The number of anilines is 1. The summed E-state index contributed by atoms with van der Waals surface area (Å²) in [5.41, 5.74) is 1.39. The highest BCUT2D eigenvalue weighted by molar-refractivity contribution is 7.80. The van der Waals surface area contributed by atoms with E-state index in [9.17, 15) is 9.18 Å². The Hall–Kier alpha value is -1.88. The third-order valence-electron chi connectivity index (χ3n) is 2.48. The summed E-state index contributed by atoms with van der Waals surface area (Å²) in [7, 11) is 0. The maximum absolute atomic E-state index is 13.5. The topological polar surface area (TPSA) is 42.0 Å². The molecule has 0 bridgehead atoms. The highest BCUT2D eigenvalue weighted by Gasteiger charge is 2.13. The number of pyridine rings is 1. The number of benzene rings is 1. The van der Waals surface area contributed by atoms with Gasteiger partial charge in [0.2, 0.25) is 0 Å². The monoisotopic (exact) mass is 262 g/mol. The second-order valence-electron chi connectivity index (χ2n) is 3.81. The minimum absolute atomic E-state index is 0.0363. The van der Waals surface area contributed by atoms with E-state index in [4.69, 9.17) is 0 Å². The number of carbonyl (C=O) groups is 1. The van der Waals surface area contributed by atoms with Crippen molar-refractivity contribution in [3.05, 3.63) is 53.6 Å².